The van der Waals surface area contributed by atoms with Crippen LogP contribution in [0.5, 0.6) is 5.75 Å². The second-order valence-corrected chi connectivity index (χ2v) is 11.8. The van der Waals surface area contributed by atoms with Gasteiger partial charge in [0, 0.05) is 43.7 Å². The number of ketones is 1. The normalized spacial score (nSPS) is 19.4. The van der Waals surface area contributed by atoms with Crippen LogP contribution >= 0.6 is 22.9 Å². The maximum absolute atomic E-state index is 13.4. The van der Waals surface area contributed by atoms with E-state index in [1.807, 2.05) is 39.0 Å². The quantitative estimate of drug-likeness (QED) is 0.432. The van der Waals surface area contributed by atoms with Crippen molar-refractivity contribution in [2.24, 2.45) is 5.41 Å². The molecular formula is C28H32ClNO4S. The van der Waals surface area contributed by atoms with Crippen LogP contribution in [0.25, 0.3) is 0 Å². The zero-order chi connectivity index (χ0) is 25.5. The van der Waals surface area contributed by atoms with E-state index in [1.54, 1.807) is 18.3 Å². The van der Waals surface area contributed by atoms with Gasteiger partial charge >= 0.3 is 5.97 Å². The number of ether oxygens (including phenoxy) is 2. The third-order valence-electron chi connectivity index (χ3n) is 6.58. The molecule has 0 unspecified atom stereocenters. The Bertz CT molecular complexity index is 1250. The van der Waals surface area contributed by atoms with Crippen molar-refractivity contribution in [3.63, 3.8) is 0 Å². The summed E-state index contributed by atoms with van der Waals surface area (Å²) in [6.07, 6.45) is 1.21. The predicted molar refractivity (Wildman–Crippen MR) is 140 cm³/mol. The summed E-state index contributed by atoms with van der Waals surface area (Å²) >= 11 is 7.68. The lowest BCUT2D eigenvalue weighted by molar-refractivity contribution is -0.138. The van der Waals surface area contributed by atoms with Crippen molar-refractivity contribution < 1.29 is 19.1 Å². The Kier molecular flexibility index (Phi) is 7.16. The number of Topliss-reactive ketones (excluding diaryl/α,β-unsaturated/α-hetero) is 1. The zero-order valence-electron chi connectivity index (χ0n) is 21.1. The van der Waals surface area contributed by atoms with Gasteiger partial charge in [-0.3, -0.25) is 4.79 Å². The van der Waals surface area contributed by atoms with E-state index in [0.717, 1.165) is 44.4 Å². The average molecular weight is 514 g/mol. The molecule has 1 N–H and O–H groups in total. The number of dihydropyridines is 1. The van der Waals surface area contributed by atoms with Gasteiger partial charge in [-0.1, -0.05) is 25.4 Å². The summed E-state index contributed by atoms with van der Waals surface area (Å²) in [6, 6.07) is 7.64. The Morgan fingerprint density at radius 1 is 1.20 bits per heavy atom. The van der Waals surface area contributed by atoms with Gasteiger partial charge in [-0.25, -0.2) is 4.79 Å². The highest BCUT2D eigenvalue weighted by molar-refractivity contribution is 7.12. The molecule has 0 amide bonds. The Morgan fingerprint density at radius 3 is 2.63 bits per heavy atom. The molecule has 0 saturated heterocycles. The third kappa shape index (κ3) is 5.19. The molecule has 2 aliphatic rings. The molecule has 2 heterocycles. The molecule has 1 aromatic heterocycles. The minimum atomic E-state index is -0.441. The summed E-state index contributed by atoms with van der Waals surface area (Å²) in [5, 5.41) is 4.05. The minimum absolute atomic E-state index is 0.0868. The molecule has 7 heteroatoms. The molecule has 0 spiro atoms. The van der Waals surface area contributed by atoms with Crippen LogP contribution in [-0.2, 0) is 20.9 Å². The van der Waals surface area contributed by atoms with Crippen LogP contribution in [0.4, 0.5) is 0 Å². The smallest absolute Gasteiger partial charge is 0.336 e. The number of carbonyl (C=O) groups excluding carboxylic acids is 2. The number of benzene rings is 1. The van der Waals surface area contributed by atoms with Gasteiger partial charge in [-0.15, -0.1) is 11.3 Å². The van der Waals surface area contributed by atoms with Crippen molar-refractivity contribution in [1.82, 2.24) is 5.32 Å². The Balaban J connectivity index is 1.73. The standard InChI is InChI=1S/C28H32ClNO4S/c1-7-33-27(32)24-16(3)30-20-12-28(5,6)13-21(31)25(20)26(24)23-11-18(17(4)35-23)14-34-22-9-8-19(29)10-15(22)2/h8-11,26,30H,7,12-14H2,1-6H3/t26-/m1/s1. The first-order valence-corrected chi connectivity index (χ1v) is 13.1. The number of thiophene rings is 1. The molecule has 35 heavy (non-hydrogen) atoms. The van der Waals surface area contributed by atoms with Crippen molar-refractivity contribution >= 4 is 34.7 Å². The number of hydrogen-bond donors (Lipinski definition) is 1. The maximum atomic E-state index is 13.4. The third-order valence-corrected chi connectivity index (χ3v) is 7.97. The number of rotatable bonds is 6. The summed E-state index contributed by atoms with van der Waals surface area (Å²) in [4.78, 5) is 28.6. The van der Waals surface area contributed by atoms with Gasteiger partial charge in [-0.2, -0.15) is 0 Å². The van der Waals surface area contributed by atoms with Crippen LogP contribution in [0.2, 0.25) is 5.02 Å². The van der Waals surface area contributed by atoms with Gasteiger partial charge in [0.25, 0.3) is 0 Å². The second kappa shape index (κ2) is 9.82. The van der Waals surface area contributed by atoms with Crippen molar-refractivity contribution in [1.29, 1.82) is 0 Å². The fraction of sp³-hybridized carbons (Fsp3) is 0.429. The highest BCUT2D eigenvalue weighted by Crippen LogP contribution is 2.48. The molecule has 0 saturated carbocycles. The van der Waals surface area contributed by atoms with E-state index in [4.69, 9.17) is 21.1 Å². The van der Waals surface area contributed by atoms with E-state index in [1.165, 1.54) is 0 Å². The number of aryl methyl sites for hydroxylation is 2. The first kappa shape index (κ1) is 25.5. The Labute approximate surface area is 216 Å². The summed E-state index contributed by atoms with van der Waals surface area (Å²) in [5.41, 5.74) is 4.75. The number of esters is 1. The summed E-state index contributed by atoms with van der Waals surface area (Å²) in [5.74, 6) is 0.0423. The summed E-state index contributed by atoms with van der Waals surface area (Å²) < 4.78 is 11.5. The van der Waals surface area contributed by atoms with E-state index in [9.17, 15) is 9.59 Å². The van der Waals surface area contributed by atoms with Crippen molar-refractivity contribution in [3.05, 3.63) is 72.7 Å². The Morgan fingerprint density at radius 2 is 1.94 bits per heavy atom. The average Bonchev–Trinajstić information content (AvgIpc) is 3.11. The number of hydrogen-bond acceptors (Lipinski definition) is 6. The lowest BCUT2D eigenvalue weighted by Crippen LogP contribution is -2.38. The molecule has 2 aromatic rings. The van der Waals surface area contributed by atoms with Crippen molar-refractivity contribution in [3.8, 4) is 5.75 Å². The van der Waals surface area contributed by atoms with Gasteiger partial charge in [0.15, 0.2) is 5.78 Å². The van der Waals surface area contributed by atoms with Crippen LogP contribution in [0.15, 0.2) is 46.8 Å². The van der Waals surface area contributed by atoms with Gasteiger partial charge in [0.05, 0.1) is 18.1 Å². The molecule has 0 bridgehead atoms. The predicted octanol–water partition coefficient (Wildman–Crippen LogP) is 6.76. The molecule has 1 aromatic carbocycles. The Hall–Kier alpha value is -2.57. The molecule has 1 aliphatic carbocycles. The summed E-state index contributed by atoms with van der Waals surface area (Å²) in [6.45, 7) is 12.6. The number of halogens is 1. The van der Waals surface area contributed by atoms with Crippen LogP contribution in [0, 0.1) is 19.3 Å². The first-order valence-electron chi connectivity index (χ1n) is 11.9. The topological polar surface area (TPSA) is 64.6 Å². The highest BCUT2D eigenvalue weighted by atomic mass is 35.5. The number of nitrogens with one attached hydrogen (secondary N) is 1. The van der Waals surface area contributed by atoms with E-state index in [2.05, 4.69) is 25.2 Å². The lowest BCUT2D eigenvalue weighted by atomic mass is 9.70. The highest BCUT2D eigenvalue weighted by Gasteiger charge is 2.43. The van der Waals surface area contributed by atoms with Gasteiger partial charge < -0.3 is 14.8 Å². The van der Waals surface area contributed by atoms with Crippen LogP contribution in [0.3, 0.4) is 0 Å². The molecular weight excluding hydrogens is 482 g/mol. The second-order valence-electron chi connectivity index (χ2n) is 10.1. The summed E-state index contributed by atoms with van der Waals surface area (Å²) in [7, 11) is 0. The van der Waals surface area contributed by atoms with Crippen LogP contribution in [0.1, 0.15) is 67.3 Å². The van der Waals surface area contributed by atoms with Crippen molar-refractivity contribution in [2.75, 3.05) is 6.61 Å². The molecule has 1 atom stereocenters. The van der Waals surface area contributed by atoms with Crippen LogP contribution in [-0.4, -0.2) is 18.4 Å². The zero-order valence-corrected chi connectivity index (χ0v) is 22.7. The van der Waals surface area contributed by atoms with Crippen molar-refractivity contribution in [2.45, 2.75) is 66.9 Å². The fourth-order valence-corrected chi connectivity index (χ4v) is 6.34. The molecule has 4 rings (SSSR count). The number of allylic oxidation sites excluding steroid dienone is 3. The molecule has 1 aliphatic heterocycles. The lowest BCUT2D eigenvalue weighted by Gasteiger charge is -2.39. The number of carbonyl (C=O) groups is 2. The van der Waals surface area contributed by atoms with Gasteiger partial charge in [0.1, 0.15) is 12.4 Å². The molecule has 0 radical (unpaired) electrons. The first-order chi connectivity index (χ1) is 16.5. The van der Waals surface area contributed by atoms with E-state index >= 15 is 0 Å². The molecule has 0 fully saturated rings. The maximum Gasteiger partial charge on any atom is 0.336 e. The van der Waals surface area contributed by atoms with Crippen LogP contribution < -0.4 is 10.1 Å². The molecule has 186 valence electrons. The van der Waals surface area contributed by atoms with Gasteiger partial charge in [-0.05, 0) is 69.4 Å². The SMILES string of the molecule is CCOC(=O)C1=C(C)NC2=C(C(=O)CC(C)(C)C2)[C@@H]1c1cc(COc2ccc(Cl)cc2C)c(C)s1. The molecule has 5 nitrogen and oxygen atoms in total. The minimum Gasteiger partial charge on any atom is -0.489 e. The van der Waals surface area contributed by atoms with E-state index < -0.39 is 5.92 Å². The largest absolute Gasteiger partial charge is 0.489 e. The van der Waals surface area contributed by atoms with E-state index in [-0.39, 0.29) is 23.8 Å². The monoisotopic (exact) mass is 513 g/mol. The fourth-order valence-electron chi connectivity index (χ4n) is 4.96. The van der Waals surface area contributed by atoms with Gasteiger partial charge in [0.2, 0.25) is 0 Å². The van der Waals surface area contributed by atoms with E-state index in [0.29, 0.717) is 29.2 Å².